The molecule has 8 nitrogen and oxygen atoms in total. The van der Waals surface area contributed by atoms with Crippen molar-refractivity contribution in [1.29, 1.82) is 0 Å². The van der Waals surface area contributed by atoms with E-state index in [2.05, 4.69) is 10.5 Å². The molecule has 0 bridgehead atoms. The van der Waals surface area contributed by atoms with E-state index in [0.29, 0.717) is 34.6 Å². The summed E-state index contributed by atoms with van der Waals surface area (Å²) in [6, 6.07) is 4.75. The molecular formula is C18H18FN5O3. The van der Waals surface area contributed by atoms with Crippen molar-refractivity contribution in [2.45, 2.75) is 24.7 Å². The number of hydrogen-bond donors (Lipinski definition) is 2. The van der Waals surface area contributed by atoms with E-state index in [0.717, 1.165) is 13.1 Å². The van der Waals surface area contributed by atoms with Gasteiger partial charge in [-0.15, -0.1) is 0 Å². The normalized spacial score (nSPS) is 35.6. The standard InChI is InChI=1S/C18H18FN5O3/c1-8-18(12-7-26-22-16(12)21-18)27-17(25)24(8)9-2-3-14(13(19)4-9)23-5-10-11(6-23)15(10)20/h2-4,7-8,10-11,15H,5-6,20H2,1H3,(H,21,22)/t8?,10-,11+,15+,18-/m1/s1. The second kappa shape index (κ2) is 4.72. The number of carbonyl (C=O) groups is 1. The van der Waals surface area contributed by atoms with Crippen LogP contribution in [-0.2, 0) is 10.5 Å². The van der Waals surface area contributed by atoms with E-state index in [1.807, 2.05) is 11.8 Å². The van der Waals surface area contributed by atoms with Crippen molar-refractivity contribution < 1.29 is 18.4 Å². The number of fused-ring (bicyclic) bond motifs is 3. The average Bonchev–Trinajstić information content (AvgIpc) is 3.04. The van der Waals surface area contributed by atoms with Gasteiger partial charge >= 0.3 is 6.09 Å². The lowest BCUT2D eigenvalue weighted by atomic mass is 9.91. The Bertz CT molecular complexity index is 968. The van der Waals surface area contributed by atoms with Gasteiger partial charge in [0.25, 0.3) is 0 Å². The highest BCUT2D eigenvalue weighted by Gasteiger charge is 2.61. The van der Waals surface area contributed by atoms with E-state index in [4.69, 9.17) is 15.0 Å². The number of hydrogen-bond acceptors (Lipinski definition) is 7. The lowest BCUT2D eigenvalue weighted by Gasteiger charge is -2.39. The number of benzene rings is 1. The summed E-state index contributed by atoms with van der Waals surface area (Å²) >= 11 is 0. The molecule has 27 heavy (non-hydrogen) atoms. The van der Waals surface area contributed by atoms with Gasteiger partial charge in [0, 0.05) is 19.1 Å². The molecular weight excluding hydrogens is 353 g/mol. The Kier molecular flexibility index (Phi) is 2.67. The fraction of sp³-hybridized carbons (Fsp3) is 0.444. The maximum atomic E-state index is 14.8. The lowest BCUT2D eigenvalue weighted by molar-refractivity contribution is 0.0490. The van der Waals surface area contributed by atoms with Crippen LogP contribution in [0.25, 0.3) is 0 Å². The Morgan fingerprint density at radius 1 is 1.37 bits per heavy atom. The van der Waals surface area contributed by atoms with Crippen molar-refractivity contribution in [2.24, 2.45) is 17.6 Å². The van der Waals surface area contributed by atoms with Crippen molar-refractivity contribution in [3.8, 4) is 0 Å². The third-order valence-corrected chi connectivity index (χ3v) is 6.50. The van der Waals surface area contributed by atoms with Crippen LogP contribution in [0, 0.1) is 17.7 Å². The van der Waals surface area contributed by atoms with Gasteiger partial charge in [-0.05, 0) is 37.0 Å². The van der Waals surface area contributed by atoms with Crippen LogP contribution in [0.5, 0.6) is 0 Å². The third kappa shape index (κ3) is 1.79. The number of amides is 1. The average molecular weight is 371 g/mol. The second-order valence-corrected chi connectivity index (χ2v) is 7.80. The summed E-state index contributed by atoms with van der Waals surface area (Å²) in [6.45, 7) is 3.41. The third-order valence-electron chi connectivity index (χ3n) is 6.50. The molecule has 4 aliphatic rings. The van der Waals surface area contributed by atoms with E-state index in [9.17, 15) is 9.18 Å². The number of halogens is 1. The van der Waals surface area contributed by atoms with Gasteiger partial charge in [0.15, 0.2) is 5.82 Å². The first-order valence-electron chi connectivity index (χ1n) is 9.05. The Morgan fingerprint density at radius 3 is 2.85 bits per heavy atom. The molecule has 9 heteroatoms. The molecule has 2 saturated heterocycles. The van der Waals surface area contributed by atoms with Crippen LogP contribution < -0.4 is 20.9 Å². The highest BCUT2D eigenvalue weighted by Crippen LogP contribution is 2.50. The molecule has 0 radical (unpaired) electrons. The van der Waals surface area contributed by atoms with Crippen molar-refractivity contribution in [3.05, 3.63) is 35.8 Å². The highest BCUT2D eigenvalue weighted by molar-refractivity contribution is 5.93. The summed E-state index contributed by atoms with van der Waals surface area (Å²) in [5, 5.41) is 6.83. The summed E-state index contributed by atoms with van der Waals surface area (Å²) in [5.74, 6) is 1.15. The first kappa shape index (κ1) is 15.3. The molecule has 1 unspecified atom stereocenters. The van der Waals surface area contributed by atoms with E-state index < -0.39 is 11.8 Å². The number of aromatic nitrogens is 1. The summed E-state index contributed by atoms with van der Waals surface area (Å²) in [4.78, 5) is 16.0. The predicted octanol–water partition coefficient (Wildman–Crippen LogP) is 1.83. The molecule has 2 aromatic rings. The number of ether oxygens (including phenoxy) is 1. The summed E-state index contributed by atoms with van der Waals surface area (Å²) in [7, 11) is 0. The Hall–Kier alpha value is -2.81. The summed E-state index contributed by atoms with van der Waals surface area (Å²) in [6.07, 6.45) is 0.925. The number of nitrogens with zero attached hydrogens (tertiary/aromatic N) is 3. The van der Waals surface area contributed by atoms with Crippen LogP contribution in [0.4, 0.5) is 26.4 Å². The van der Waals surface area contributed by atoms with Crippen molar-refractivity contribution in [3.63, 3.8) is 0 Å². The van der Waals surface area contributed by atoms with Gasteiger partial charge in [-0.2, -0.15) is 0 Å². The molecule has 3 aliphatic heterocycles. The Balaban J connectivity index is 1.29. The number of piperidine rings is 1. The van der Waals surface area contributed by atoms with Gasteiger partial charge in [0.2, 0.25) is 5.72 Å². The largest absolute Gasteiger partial charge is 0.417 e. The number of nitrogens with one attached hydrogen (secondary N) is 1. The fourth-order valence-electron chi connectivity index (χ4n) is 4.79. The Labute approximate surface area is 154 Å². The van der Waals surface area contributed by atoms with Gasteiger partial charge in [-0.3, -0.25) is 4.90 Å². The molecule has 1 aromatic carbocycles. The SMILES string of the molecule is CC1N(c2ccc(N3C[C@@H]4[C@@H](N)[C@@H]4C3)c(F)c2)C(=O)O[C@]12Nc1nocc12. The van der Waals surface area contributed by atoms with E-state index >= 15 is 0 Å². The molecule has 1 aromatic heterocycles. The first-order chi connectivity index (χ1) is 13.0. The van der Waals surface area contributed by atoms with Crippen LogP contribution in [0.1, 0.15) is 12.5 Å². The smallest absolute Gasteiger partial charge is 0.416 e. The minimum absolute atomic E-state index is 0.261. The minimum atomic E-state index is -1.01. The molecule has 1 aliphatic carbocycles. The molecule has 1 amide bonds. The number of carbonyl (C=O) groups excluding carboxylic acids is 1. The fourth-order valence-corrected chi connectivity index (χ4v) is 4.79. The van der Waals surface area contributed by atoms with Gasteiger partial charge in [-0.25, -0.2) is 9.18 Å². The first-order valence-corrected chi connectivity index (χ1v) is 9.05. The predicted molar refractivity (Wildman–Crippen MR) is 93.8 cm³/mol. The van der Waals surface area contributed by atoms with Crippen molar-refractivity contribution in [2.75, 3.05) is 28.2 Å². The quantitative estimate of drug-likeness (QED) is 0.831. The maximum Gasteiger partial charge on any atom is 0.417 e. The van der Waals surface area contributed by atoms with Gasteiger partial charge in [0.1, 0.15) is 23.7 Å². The number of nitrogens with two attached hydrogens (primary N) is 1. The van der Waals surface area contributed by atoms with E-state index in [1.54, 1.807) is 12.1 Å². The van der Waals surface area contributed by atoms with Crippen LogP contribution in [0.3, 0.4) is 0 Å². The monoisotopic (exact) mass is 371 g/mol. The molecule has 5 atom stereocenters. The van der Waals surface area contributed by atoms with Gasteiger partial charge in [0.05, 0.1) is 11.4 Å². The molecule has 1 spiro atoms. The van der Waals surface area contributed by atoms with E-state index in [1.165, 1.54) is 17.2 Å². The molecule has 1 saturated carbocycles. The Morgan fingerprint density at radius 2 is 2.15 bits per heavy atom. The summed E-state index contributed by atoms with van der Waals surface area (Å²) < 4.78 is 25.3. The highest BCUT2D eigenvalue weighted by atomic mass is 19.1. The number of rotatable bonds is 2. The van der Waals surface area contributed by atoms with Crippen LogP contribution in [-0.4, -0.2) is 36.4 Å². The zero-order chi connectivity index (χ0) is 18.5. The summed E-state index contributed by atoms with van der Waals surface area (Å²) in [5.41, 5.74) is 6.66. The number of anilines is 3. The van der Waals surface area contributed by atoms with Crippen LogP contribution in [0.2, 0.25) is 0 Å². The van der Waals surface area contributed by atoms with Crippen LogP contribution in [0.15, 0.2) is 29.0 Å². The molecule has 3 fully saturated rings. The lowest BCUT2D eigenvalue weighted by Crippen LogP contribution is -2.52. The van der Waals surface area contributed by atoms with E-state index in [-0.39, 0.29) is 17.9 Å². The second-order valence-electron chi connectivity index (χ2n) is 7.80. The molecule has 3 N–H and O–H groups in total. The zero-order valence-electron chi connectivity index (χ0n) is 14.6. The molecule has 4 heterocycles. The maximum absolute atomic E-state index is 14.8. The van der Waals surface area contributed by atoms with Crippen LogP contribution >= 0.6 is 0 Å². The molecule has 140 valence electrons. The molecule has 6 rings (SSSR count). The topological polar surface area (TPSA) is 96.9 Å². The minimum Gasteiger partial charge on any atom is -0.416 e. The van der Waals surface area contributed by atoms with Gasteiger partial charge in [-0.1, -0.05) is 5.16 Å². The van der Waals surface area contributed by atoms with Crippen molar-refractivity contribution in [1.82, 2.24) is 5.16 Å². The van der Waals surface area contributed by atoms with Gasteiger partial charge < -0.3 is 25.2 Å². The zero-order valence-corrected chi connectivity index (χ0v) is 14.6. The van der Waals surface area contributed by atoms with Crippen molar-refractivity contribution >= 4 is 23.3 Å².